The Labute approximate surface area is 268 Å². The second-order valence-corrected chi connectivity index (χ2v) is 12.5. The second kappa shape index (κ2) is 16.0. The van der Waals surface area contributed by atoms with Crippen LogP contribution < -0.4 is 15.2 Å². The van der Waals surface area contributed by atoms with Crippen molar-refractivity contribution < 1.29 is 37.0 Å². The second-order valence-electron chi connectivity index (χ2n) is 11.0. The van der Waals surface area contributed by atoms with Gasteiger partial charge in [0, 0.05) is 31.1 Å². The van der Waals surface area contributed by atoms with Crippen LogP contribution in [-0.4, -0.2) is 57.1 Å². The van der Waals surface area contributed by atoms with E-state index in [1.165, 1.54) is 19.4 Å². The molecule has 0 aromatic heterocycles. The van der Waals surface area contributed by atoms with Gasteiger partial charge in [0.15, 0.2) is 0 Å². The fourth-order valence-corrected chi connectivity index (χ4v) is 6.04. The molecule has 0 spiro atoms. The smallest absolute Gasteiger partial charge is 0.415 e. The topological polar surface area (TPSA) is 178 Å². The zero-order valence-electron chi connectivity index (χ0n) is 25.6. The third-order valence-electron chi connectivity index (χ3n) is 7.46. The van der Waals surface area contributed by atoms with Crippen LogP contribution in [0.2, 0.25) is 0 Å². The van der Waals surface area contributed by atoms with Crippen LogP contribution in [0.1, 0.15) is 50.2 Å². The van der Waals surface area contributed by atoms with Crippen LogP contribution >= 0.6 is 0 Å². The average molecular weight is 651 g/mol. The maximum Gasteiger partial charge on any atom is 0.415 e. The fraction of sp³-hybridized carbons (Fsp3) is 0.333. The molecule has 0 heterocycles. The number of rotatable bonds is 11. The van der Waals surface area contributed by atoms with Gasteiger partial charge in [0.2, 0.25) is 10.0 Å². The number of ether oxygens (including phenoxy) is 3. The molecule has 3 aromatic rings. The molecule has 13 heteroatoms. The van der Waals surface area contributed by atoms with Gasteiger partial charge in [-0.1, -0.05) is 67.8 Å². The maximum atomic E-state index is 13.5. The van der Waals surface area contributed by atoms with E-state index >= 15 is 0 Å². The number of hydrogen-bond donors (Lipinski definition) is 3. The molecule has 3 aromatic carbocycles. The monoisotopic (exact) mass is 650 g/mol. The van der Waals surface area contributed by atoms with Crippen molar-refractivity contribution in [2.45, 2.75) is 50.5 Å². The Morgan fingerprint density at radius 1 is 0.935 bits per heavy atom. The molecule has 0 bridgehead atoms. The molecule has 0 radical (unpaired) electrons. The molecule has 12 nitrogen and oxygen atoms in total. The van der Waals surface area contributed by atoms with Gasteiger partial charge in [-0.05, 0) is 54.2 Å². The van der Waals surface area contributed by atoms with E-state index in [-0.39, 0.29) is 30.5 Å². The van der Waals surface area contributed by atoms with Gasteiger partial charge in [0.1, 0.15) is 24.8 Å². The van der Waals surface area contributed by atoms with Crippen LogP contribution in [0.25, 0.3) is 11.1 Å². The number of nitrogens with zero attached hydrogens (tertiary/aromatic N) is 1. The molecular formula is C33H38N4O8S. The first-order valence-corrected chi connectivity index (χ1v) is 16.5. The van der Waals surface area contributed by atoms with Gasteiger partial charge in [-0.2, -0.15) is 0 Å². The Hall–Kier alpha value is -4.75. The van der Waals surface area contributed by atoms with E-state index < -0.39 is 28.2 Å². The molecular weight excluding hydrogens is 612 g/mol. The molecule has 0 aliphatic heterocycles. The summed E-state index contributed by atoms with van der Waals surface area (Å²) in [4.78, 5) is 38.1. The van der Waals surface area contributed by atoms with Gasteiger partial charge in [-0.25, -0.2) is 23.1 Å². The number of sulfonamides is 1. The molecule has 46 heavy (non-hydrogen) atoms. The highest BCUT2D eigenvalue weighted by Crippen LogP contribution is 2.29. The van der Waals surface area contributed by atoms with E-state index in [2.05, 4.69) is 5.32 Å². The number of esters is 1. The molecule has 0 atom stereocenters. The number of benzene rings is 3. The molecule has 1 aliphatic rings. The minimum Gasteiger partial charge on any atom is -0.462 e. The average Bonchev–Trinajstić information content (AvgIpc) is 3.03. The highest BCUT2D eigenvalue weighted by molar-refractivity contribution is 7.89. The molecule has 1 fully saturated rings. The number of nitrogens with one attached hydrogen (secondary N) is 2. The lowest BCUT2D eigenvalue weighted by Crippen LogP contribution is -2.37. The highest BCUT2D eigenvalue weighted by atomic mass is 32.2. The van der Waals surface area contributed by atoms with Crippen LogP contribution in [-0.2, 0) is 30.8 Å². The van der Waals surface area contributed by atoms with Gasteiger partial charge in [0.25, 0.3) is 0 Å². The summed E-state index contributed by atoms with van der Waals surface area (Å²) < 4.78 is 39.5. The van der Waals surface area contributed by atoms with Crippen LogP contribution in [0, 0.1) is 11.3 Å². The zero-order valence-corrected chi connectivity index (χ0v) is 26.4. The van der Waals surface area contributed by atoms with Crippen molar-refractivity contribution in [3.8, 4) is 16.9 Å². The number of amides is 2. The summed E-state index contributed by atoms with van der Waals surface area (Å²) in [6.07, 6.45) is 3.99. The van der Waals surface area contributed by atoms with Crippen LogP contribution in [0.15, 0.2) is 77.7 Å². The number of amidine groups is 1. The van der Waals surface area contributed by atoms with E-state index in [0.717, 1.165) is 31.2 Å². The quantitative estimate of drug-likeness (QED) is 0.110. The predicted octanol–water partition coefficient (Wildman–Crippen LogP) is 5.20. The number of alkyl carbamates (subject to hydrolysis) is 1. The van der Waals surface area contributed by atoms with E-state index in [1.807, 2.05) is 6.07 Å². The molecule has 4 rings (SSSR count). The first kappa shape index (κ1) is 34.1. The van der Waals surface area contributed by atoms with E-state index in [1.54, 1.807) is 65.6 Å². The van der Waals surface area contributed by atoms with E-state index in [9.17, 15) is 22.8 Å². The van der Waals surface area contributed by atoms with Crippen molar-refractivity contribution in [3.05, 3.63) is 83.9 Å². The fourth-order valence-electron chi connectivity index (χ4n) is 5.28. The summed E-state index contributed by atoms with van der Waals surface area (Å²) in [5.41, 5.74) is 2.19. The first-order chi connectivity index (χ1) is 22.0. The molecule has 0 saturated heterocycles. The van der Waals surface area contributed by atoms with Crippen molar-refractivity contribution >= 4 is 34.0 Å². The Kier molecular flexibility index (Phi) is 11.9. The van der Waals surface area contributed by atoms with Crippen molar-refractivity contribution in [2.75, 3.05) is 19.8 Å². The summed E-state index contributed by atoms with van der Waals surface area (Å²) in [5.74, 6) is -0.0625. The minimum absolute atomic E-state index is 0.0000654. The SMILES string of the molecule is CC(=O)OCCOC(=O)NC(=N)c1cccc(CN(CC2CCCCC2)C(=O)Oc2ccc(-c3ccccc3S(N)(=O)=O)cc2)c1. The van der Waals surface area contributed by atoms with Crippen molar-refractivity contribution in [2.24, 2.45) is 11.1 Å². The summed E-state index contributed by atoms with van der Waals surface area (Å²) in [7, 11) is -3.94. The Bertz CT molecular complexity index is 1650. The molecule has 2 amide bonds. The molecule has 1 aliphatic carbocycles. The number of primary sulfonamides is 1. The lowest BCUT2D eigenvalue weighted by molar-refractivity contribution is -0.141. The van der Waals surface area contributed by atoms with Crippen molar-refractivity contribution in [1.29, 1.82) is 5.41 Å². The van der Waals surface area contributed by atoms with Gasteiger partial charge in [-0.15, -0.1) is 0 Å². The van der Waals surface area contributed by atoms with Gasteiger partial charge in [-0.3, -0.25) is 15.5 Å². The predicted molar refractivity (Wildman–Crippen MR) is 171 cm³/mol. The van der Waals surface area contributed by atoms with Crippen molar-refractivity contribution in [1.82, 2.24) is 10.2 Å². The third kappa shape index (κ3) is 10.1. The van der Waals surface area contributed by atoms with E-state index in [0.29, 0.717) is 34.9 Å². The summed E-state index contributed by atoms with van der Waals surface area (Å²) >= 11 is 0. The largest absolute Gasteiger partial charge is 0.462 e. The minimum atomic E-state index is -3.94. The first-order valence-electron chi connectivity index (χ1n) is 14.9. The lowest BCUT2D eigenvalue weighted by atomic mass is 9.89. The Morgan fingerprint density at radius 2 is 1.63 bits per heavy atom. The highest BCUT2D eigenvalue weighted by Gasteiger charge is 2.23. The standard InChI is InChI=1S/C33H38N4O8S/c1-23(38)43-18-19-44-32(39)36-31(34)27-11-7-10-25(20-27)22-37(21-24-8-3-2-4-9-24)33(40)45-28-16-14-26(15-17-28)29-12-5-6-13-30(29)46(35,41)42/h5-7,10-17,20,24H,2-4,8-9,18-19,21-22H2,1H3,(H2,34,36,39)(H2,35,41,42). The van der Waals surface area contributed by atoms with Crippen LogP contribution in [0.4, 0.5) is 9.59 Å². The van der Waals surface area contributed by atoms with E-state index in [4.69, 9.17) is 24.8 Å². The van der Waals surface area contributed by atoms with Gasteiger partial charge < -0.3 is 19.1 Å². The zero-order chi connectivity index (χ0) is 33.1. The lowest BCUT2D eigenvalue weighted by Gasteiger charge is -2.29. The summed E-state index contributed by atoms with van der Waals surface area (Å²) in [6.45, 7) is 1.71. The number of carbonyl (C=O) groups is 3. The molecule has 4 N–H and O–H groups in total. The maximum absolute atomic E-state index is 13.5. The Morgan fingerprint density at radius 3 is 2.33 bits per heavy atom. The summed E-state index contributed by atoms with van der Waals surface area (Å²) in [5, 5.41) is 16.0. The van der Waals surface area contributed by atoms with Gasteiger partial charge >= 0.3 is 18.2 Å². The molecule has 244 valence electrons. The van der Waals surface area contributed by atoms with Gasteiger partial charge in [0.05, 0.1) is 4.90 Å². The Balaban J connectivity index is 1.45. The molecule has 1 saturated carbocycles. The third-order valence-corrected chi connectivity index (χ3v) is 8.43. The normalized spacial score (nSPS) is 13.3. The summed E-state index contributed by atoms with van der Waals surface area (Å²) in [6, 6.07) is 19.9. The number of carbonyl (C=O) groups excluding carboxylic acids is 3. The van der Waals surface area contributed by atoms with Crippen molar-refractivity contribution in [3.63, 3.8) is 0 Å². The number of hydrogen-bond acceptors (Lipinski definition) is 9. The van der Waals surface area contributed by atoms with Crippen LogP contribution in [0.5, 0.6) is 5.75 Å². The molecule has 0 unspecified atom stereocenters. The number of nitrogens with two attached hydrogens (primary N) is 1. The van der Waals surface area contributed by atoms with Crippen LogP contribution in [0.3, 0.4) is 0 Å².